The molecule has 0 bridgehead atoms. The molecule has 3 heterocycles. The third-order valence-corrected chi connectivity index (χ3v) is 6.10. The van der Waals surface area contributed by atoms with E-state index in [1.807, 2.05) is 30.3 Å². The molecule has 0 saturated carbocycles. The van der Waals surface area contributed by atoms with Gasteiger partial charge in [0.25, 0.3) is 5.91 Å². The maximum Gasteiger partial charge on any atom is 0.274 e. The molecule has 0 fully saturated rings. The standard InChI is InChI=1S/C19H17N5OS2/c1-3-13-7-6-9-15-16(13)21-19(26-15)24(11-14-8-4-5-10-20-14)18(25)17-12(2)22-23-27-17/h4-10H,3,11H2,1-2H3. The molecule has 0 aliphatic heterocycles. The van der Waals surface area contributed by atoms with Gasteiger partial charge >= 0.3 is 0 Å². The lowest BCUT2D eigenvalue weighted by atomic mass is 10.1. The predicted molar refractivity (Wildman–Crippen MR) is 108 cm³/mol. The Labute approximate surface area is 164 Å². The molecule has 27 heavy (non-hydrogen) atoms. The Morgan fingerprint density at radius 3 is 2.78 bits per heavy atom. The van der Waals surface area contributed by atoms with E-state index in [0.29, 0.717) is 22.2 Å². The zero-order valence-corrected chi connectivity index (χ0v) is 16.5. The second-order valence-electron chi connectivity index (χ2n) is 6.01. The van der Waals surface area contributed by atoms with Crippen molar-refractivity contribution < 1.29 is 4.79 Å². The smallest absolute Gasteiger partial charge is 0.274 e. The molecule has 4 aromatic rings. The van der Waals surface area contributed by atoms with Gasteiger partial charge in [-0.3, -0.25) is 14.7 Å². The van der Waals surface area contributed by atoms with Crippen LogP contribution in [0.15, 0.2) is 42.6 Å². The summed E-state index contributed by atoms with van der Waals surface area (Å²) in [5, 5.41) is 4.64. The average Bonchev–Trinajstić information content (AvgIpc) is 3.32. The number of hydrogen-bond donors (Lipinski definition) is 0. The third kappa shape index (κ3) is 3.45. The number of aromatic nitrogens is 4. The zero-order chi connectivity index (χ0) is 18.8. The van der Waals surface area contributed by atoms with E-state index in [0.717, 1.165) is 33.9 Å². The highest BCUT2D eigenvalue weighted by Crippen LogP contribution is 2.33. The van der Waals surface area contributed by atoms with Gasteiger partial charge in [0.1, 0.15) is 4.88 Å². The maximum atomic E-state index is 13.3. The van der Waals surface area contributed by atoms with Gasteiger partial charge in [-0.05, 0) is 48.6 Å². The van der Waals surface area contributed by atoms with Crippen LogP contribution < -0.4 is 4.90 Å². The Bertz CT molecular complexity index is 1090. The van der Waals surface area contributed by atoms with Crippen molar-refractivity contribution in [1.82, 2.24) is 19.6 Å². The van der Waals surface area contributed by atoms with Crippen molar-refractivity contribution >= 4 is 44.1 Å². The SMILES string of the molecule is CCc1cccc2sc(N(Cc3ccccn3)C(=O)c3snnc3C)nc12. The second kappa shape index (κ2) is 7.50. The minimum atomic E-state index is -0.148. The molecule has 1 aromatic carbocycles. The van der Waals surface area contributed by atoms with Crippen LogP contribution in [0.5, 0.6) is 0 Å². The Morgan fingerprint density at radius 1 is 1.19 bits per heavy atom. The van der Waals surface area contributed by atoms with Gasteiger partial charge in [0.2, 0.25) is 0 Å². The first-order valence-corrected chi connectivity index (χ1v) is 10.2. The van der Waals surface area contributed by atoms with Crippen molar-refractivity contribution in [2.24, 2.45) is 0 Å². The molecular weight excluding hydrogens is 378 g/mol. The van der Waals surface area contributed by atoms with Crippen LogP contribution in [-0.4, -0.2) is 25.5 Å². The number of para-hydroxylation sites is 1. The summed E-state index contributed by atoms with van der Waals surface area (Å²) in [5.41, 5.74) is 3.57. The van der Waals surface area contributed by atoms with Crippen LogP contribution in [0.25, 0.3) is 10.2 Å². The number of thiazole rings is 1. The lowest BCUT2D eigenvalue weighted by molar-refractivity contribution is 0.0988. The Morgan fingerprint density at radius 2 is 2.07 bits per heavy atom. The summed E-state index contributed by atoms with van der Waals surface area (Å²) >= 11 is 2.63. The molecular formula is C19H17N5OS2. The largest absolute Gasteiger partial charge is 0.277 e. The number of hydrogen-bond acceptors (Lipinski definition) is 7. The highest BCUT2D eigenvalue weighted by atomic mass is 32.1. The van der Waals surface area contributed by atoms with Gasteiger partial charge in [0, 0.05) is 6.20 Å². The molecule has 136 valence electrons. The minimum absolute atomic E-state index is 0.148. The zero-order valence-electron chi connectivity index (χ0n) is 14.9. The molecule has 4 rings (SSSR count). The van der Waals surface area contributed by atoms with Crippen molar-refractivity contribution in [2.75, 3.05) is 4.90 Å². The number of carbonyl (C=O) groups is 1. The molecule has 8 heteroatoms. The van der Waals surface area contributed by atoms with Gasteiger partial charge in [-0.1, -0.05) is 40.9 Å². The number of amides is 1. The summed E-state index contributed by atoms with van der Waals surface area (Å²) in [5.74, 6) is -0.148. The number of carbonyl (C=O) groups excluding carboxylic acids is 1. The molecule has 0 radical (unpaired) electrons. The number of rotatable bonds is 5. The molecule has 0 unspecified atom stereocenters. The highest BCUT2D eigenvalue weighted by molar-refractivity contribution is 7.22. The monoisotopic (exact) mass is 395 g/mol. The van der Waals surface area contributed by atoms with Gasteiger partial charge in [0.15, 0.2) is 5.13 Å². The number of fused-ring (bicyclic) bond motifs is 1. The quantitative estimate of drug-likeness (QED) is 0.505. The lowest BCUT2D eigenvalue weighted by Crippen LogP contribution is -2.30. The van der Waals surface area contributed by atoms with E-state index in [9.17, 15) is 4.79 Å². The Hall–Kier alpha value is -2.71. The van der Waals surface area contributed by atoms with E-state index in [1.54, 1.807) is 18.0 Å². The highest BCUT2D eigenvalue weighted by Gasteiger charge is 2.25. The van der Waals surface area contributed by atoms with E-state index in [-0.39, 0.29) is 5.91 Å². The van der Waals surface area contributed by atoms with Crippen LogP contribution >= 0.6 is 22.9 Å². The molecule has 0 saturated heterocycles. The maximum absolute atomic E-state index is 13.3. The number of benzene rings is 1. The van der Waals surface area contributed by atoms with Crippen molar-refractivity contribution in [3.8, 4) is 0 Å². The van der Waals surface area contributed by atoms with Crippen LogP contribution in [0, 0.1) is 6.92 Å². The van der Waals surface area contributed by atoms with E-state index < -0.39 is 0 Å². The first-order chi connectivity index (χ1) is 13.2. The fourth-order valence-corrected chi connectivity index (χ4v) is 4.44. The summed E-state index contributed by atoms with van der Waals surface area (Å²) in [6.07, 6.45) is 2.62. The molecule has 1 amide bonds. The molecule has 0 spiro atoms. The normalized spacial score (nSPS) is 11.0. The topological polar surface area (TPSA) is 71.9 Å². The summed E-state index contributed by atoms with van der Waals surface area (Å²) in [6.45, 7) is 4.25. The molecule has 0 N–H and O–H groups in total. The van der Waals surface area contributed by atoms with Gasteiger partial charge in [-0.25, -0.2) is 4.98 Å². The first-order valence-electron chi connectivity index (χ1n) is 8.56. The second-order valence-corrected chi connectivity index (χ2v) is 7.78. The third-order valence-electron chi connectivity index (χ3n) is 4.24. The fraction of sp³-hybridized carbons (Fsp3) is 0.211. The molecule has 6 nitrogen and oxygen atoms in total. The molecule has 3 aromatic heterocycles. The van der Waals surface area contributed by atoms with Crippen molar-refractivity contribution in [2.45, 2.75) is 26.8 Å². The van der Waals surface area contributed by atoms with E-state index >= 15 is 0 Å². The summed E-state index contributed by atoms with van der Waals surface area (Å²) < 4.78 is 4.98. The van der Waals surface area contributed by atoms with Crippen LogP contribution in [0.1, 0.15) is 33.5 Å². The van der Waals surface area contributed by atoms with Crippen molar-refractivity contribution in [3.05, 3.63) is 64.4 Å². The number of pyridine rings is 1. The number of anilines is 1. The summed E-state index contributed by atoms with van der Waals surface area (Å²) in [6, 6.07) is 11.8. The van der Waals surface area contributed by atoms with Gasteiger partial charge in [-0.15, -0.1) is 5.10 Å². The number of nitrogens with zero attached hydrogens (tertiary/aromatic N) is 5. The fourth-order valence-electron chi connectivity index (χ4n) is 2.82. The van der Waals surface area contributed by atoms with Crippen molar-refractivity contribution in [1.29, 1.82) is 0 Å². The van der Waals surface area contributed by atoms with Crippen LogP contribution in [0.2, 0.25) is 0 Å². The predicted octanol–water partition coefficient (Wildman–Crippen LogP) is 4.26. The lowest BCUT2D eigenvalue weighted by Gasteiger charge is -2.18. The van der Waals surface area contributed by atoms with Gasteiger partial charge < -0.3 is 0 Å². The average molecular weight is 396 g/mol. The first kappa shape index (κ1) is 17.7. The summed E-state index contributed by atoms with van der Waals surface area (Å²) in [4.78, 5) is 24.6. The molecule has 0 atom stereocenters. The van der Waals surface area contributed by atoms with E-state index in [2.05, 4.69) is 27.6 Å². The Kier molecular flexibility index (Phi) is 4.91. The summed E-state index contributed by atoms with van der Waals surface area (Å²) in [7, 11) is 0. The Balaban J connectivity index is 1.80. The molecule has 0 aliphatic carbocycles. The number of aryl methyl sites for hydroxylation is 2. The van der Waals surface area contributed by atoms with E-state index in [4.69, 9.17) is 4.98 Å². The van der Waals surface area contributed by atoms with Crippen LogP contribution in [-0.2, 0) is 13.0 Å². The van der Waals surface area contributed by atoms with Crippen LogP contribution in [0.3, 0.4) is 0 Å². The van der Waals surface area contributed by atoms with E-state index in [1.165, 1.54) is 16.9 Å². The van der Waals surface area contributed by atoms with Crippen LogP contribution in [0.4, 0.5) is 5.13 Å². The minimum Gasteiger partial charge on any atom is -0.277 e. The molecule has 0 aliphatic rings. The van der Waals surface area contributed by atoms with Gasteiger partial charge in [0.05, 0.1) is 28.1 Å². The van der Waals surface area contributed by atoms with Crippen molar-refractivity contribution in [3.63, 3.8) is 0 Å². The van der Waals surface area contributed by atoms with Gasteiger partial charge in [-0.2, -0.15) is 0 Å².